The molecular formula is C12H22N2O3. The van der Waals surface area contributed by atoms with Gasteiger partial charge in [0.1, 0.15) is 0 Å². The van der Waals surface area contributed by atoms with E-state index in [9.17, 15) is 4.79 Å². The maximum absolute atomic E-state index is 11.9. The largest absolute Gasteiger partial charge is 0.394 e. The molecule has 5 heteroatoms. The van der Waals surface area contributed by atoms with Crippen molar-refractivity contribution in [2.75, 3.05) is 32.9 Å². The molecule has 2 N–H and O–H groups in total. The number of carbonyl (C=O) groups is 1. The Labute approximate surface area is 102 Å². The predicted molar refractivity (Wildman–Crippen MR) is 63.8 cm³/mol. The highest BCUT2D eigenvalue weighted by atomic mass is 16.5. The molecule has 0 aromatic carbocycles. The number of hydrogen-bond donors (Lipinski definition) is 2. The van der Waals surface area contributed by atoms with Crippen LogP contribution in [-0.2, 0) is 4.74 Å². The number of likely N-dealkylation sites (tertiary alicyclic amines) is 1. The van der Waals surface area contributed by atoms with Gasteiger partial charge in [-0.05, 0) is 31.6 Å². The molecule has 0 aromatic rings. The Morgan fingerprint density at radius 2 is 2.35 bits per heavy atom. The van der Waals surface area contributed by atoms with E-state index in [4.69, 9.17) is 9.84 Å². The van der Waals surface area contributed by atoms with Crippen LogP contribution in [0.25, 0.3) is 0 Å². The van der Waals surface area contributed by atoms with Crippen LogP contribution in [0.15, 0.2) is 0 Å². The highest BCUT2D eigenvalue weighted by molar-refractivity contribution is 5.74. The van der Waals surface area contributed by atoms with Crippen LogP contribution in [0.1, 0.15) is 25.7 Å². The second-order valence-electron chi connectivity index (χ2n) is 4.92. The Hall–Kier alpha value is -0.810. The van der Waals surface area contributed by atoms with Crippen molar-refractivity contribution in [1.82, 2.24) is 10.2 Å². The normalized spacial score (nSPS) is 28.6. The average Bonchev–Trinajstić information content (AvgIpc) is 2.99. The van der Waals surface area contributed by atoms with Crippen molar-refractivity contribution in [3.63, 3.8) is 0 Å². The van der Waals surface area contributed by atoms with E-state index in [0.29, 0.717) is 12.5 Å². The first-order valence-corrected chi connectivity index (χ1v) is 6.54. The van der Waals surface area contributed by atoms with Gasteiger partial charge in [-0.2, -0.15) is 0 Å². The summed E-state index contributed by atoms with van der Waals surface area (Å²) in [7, 11) is 0. The summed E-state index contributed by atoms with van der Waals surface area (Å²) < 4.78 is 5.29. The van der Waals surface area contributed by atoms with Crippen LogP contribution < -0.4 is 5.32 Å². The van der Waals surface area contributed by atoms with Gasteiger partial charge in [-0.25, -0.2) is 4.79 Å². The second kappa shape index (κ2) is 6.21. The number of nitrogens with one attached hydrogen (secondary N) is 1. The topological polar surface area (TPSA) is 61.8 Å². The molecule has 0 saturated carbocycles. The van der Waals surface area contributed by atoms with Gasteiger partial charge in [0.25, 0.3) is 0 Å². The summed E-state index contributed by atoms with van der Waals surface area (Å²) in [5.74, 6) is 0.600. The molecule has 2 fully saturated rings. The van der Waals surface area contributed by atoms with Crippen LogP contribution in [0.5, 0.6) is 0 Å². The zero-order chi connectivity index (χ0) is 12.1. The lowest BCUT2D eigenvalue weighted by Crippen LogP contribution is -2.44. The van der Waals surface area contributed by atoms with Gasteiger partial charge in [0.2, 0.25) is 0 Å². The van der Waals surface area contributed by atoms with Crippen molar-refractivity contribution in [3.8, 4) is 0 Å². The minimum absolute atomic E-state index is 0.0183. The molecule has 0 spiro atoms. The number of nitrogens with zero attached hydrogens (tertiary/aromatic N) is 1. The van der Waals surface area contributed by atoms with Gasteiger partial charge >= 0.3 is 6.03 Å². The minimum atomic E-state index is -0.0273. The molecule has 0 radical (unpaired) electrons. The Morgan fingerprint density at radius 3 is 3.06 bits per heavy atom. The predicted octanol–water partition coefficient (Wildman–Crippen LogP) is 0.579. The van der Waals surface area contributed by atoms with Crippen LogP contribution in [0.4, 0.5) is 4.79 Å². The lowest BCUT2D eigenvalue weighted by Gasteiger charge is -2.23. The number of ether oxygens (including phenoxy) is 1. The molecule has 98 valence electrons. The Morgan fingerprint density at radius 1 is 1.47 bits per heavy atom. The van der Waals surface area contributed by atoms with Gasteiger partial charge in [0.05, 0.1) is 12.6 Å². The summed E-state index contributed by atoms with van der Waals surface area (Å²) in [5, 5.41) is 12.1. The summed E-state index contributed by atoms with van der Waals surface area (Å²) in [6.45, 7) is 3.24. The fourth-order valence-corrected chi connectivity index (χ4v) is 2.59. The molecular weight excluding hydrogens is 220 g/mol. The maximum atomic E-state index is 11.9. The van der Waals surface area contributed by atoms with Gasteiger partial charge < -0.3 is 20.1 Å². The van der Waals surface area contributed by atoms with Crippen molar-refractivity contribution in [2.24, 2.45) is 5.92 Å². The first-order valence-electron chi connectivity index (χ1n) is 6.54. The van der Waals surface area contributed by atoms with E-state index >= 15 is 0 Å². The molecule has 2 aliphatic heterocycles. The SMILES string of the molecule is O=C(NCCC1CCOC1)N1CCCC1CO. The Kier molecular flexibility index (Phi) is 4.62. The van der Waals surface area contributed by atoms with E-state index in [1.54, 1.807) is 4.90 Å². The van der Waals surface area contributed by atoms with E-state index in [1.165, 1.54) is 0 Å². The van der Waals surface area contributed by atoms with Gasteiger partial charge in [-0.3, -0.25) is 0 Å². The van der Waals surface area contributed by atoms with Crippen molar-refractivity contribution in [2.45, 2.75) is 31.7 Å². The number of hydrogen-bond acceptors (Lipinski definition) is 3. The van der Waals surface area contributed by atoms with E-state index < -0.39 is 0 Å². The third-order valence-corrected chi connectivity index (χ3v) is 3.70. The average molecular weight is 242 g/mol. The highest BCUT2D eigenvalue weighted by Gasteiger charge is 2.27. The van der Waals surface area contributed by atoms with Crippen LogP contribution in [0.2, 0.25) is 0 Å². The van der Waals surface area contributed by atoms with Gasteiger partial charge in [0, 0.05) is 26.3 Å². The van der Waals surface area contributed by atoms with E-state index in [-0.39, 0.29) is 18.7 Å². The zero-order valence-electron chi connectivity index (χ0n) is 10.2. The smallest absolute Gasteiger partial charge is 0.317 e. The Bertz CT molecular complexity index is 254. The molecule has 2 atom stereocenters. The summed E-state index contributed by atoms with van der Waals surface area (Å²) in [5.41, 5.74) is 0. The number of urea groups is 1. The van der Waals surface area contributed by atoms with E-state index in [2.05, 4.69) is 5.32 Å². The standard InChI is InChI=1S/C12H22N2O3/c15-8-11-2-1-6-14(11)12(16)13-5-3-10-4-7-17-9-10/h10-11,15H,1-9H2,(H,13,16). The van der Waals surface area contributed by atoms with Crippen LogP contribution in [0, 0.1) is 5.92 Å². The van der Waals surface area contributed by atoms with Crippen molar-refractivity contribution in [1.29, 1.82) is 0 Å². The summed E-state index contributed by atoms with van der Waals surface area (Å²) in [6.07, 6.45) is 4.01. The van der Waals surface area contributed by atoms with Crippen molar-refractivity contribution in [3.05, 3.63) is 0 Å². The Balaban J connectivity index is 1.66. The lowest BCUT2D eigenvalue weighted by molar-refractivity contribution is 0.156. The first-order chi connectivity index (χ1) is 8.31. The molecule has 2 heterocycles. The molecule has 2 unspecified atom stereocenters. The van der Waals surface area contributed by atoms with Crippen molar-refractivity contribution < 1.29 is 14.6 Å². The van der Waals surface area contributed by atoms with Crippen LogP contribution >= 0.6 is 0 Å². The second-order valence-corrected chi connectivity index (χ2v) is 4.92. The fourth-order valence-electron chi connectivity index (χ4n) is 2.59. The number of amides is 2. The highest BCUT2D eigenvalue weighted by Crippen LogP contribution is 2.17. The first kappa shape index (κ1) is 12.6. The molecule has 5 nitrogen and oxygen atoms in total. The lowest BCUT2D eigenvalue weighted by atomic mass is 10.1. The number of carbonyl (C=O) groups excluding carboxylic acids is 1. The molecule has 2 saturated heterocycles. The van der Waals surface area contributed by atoms with E-state index in [0.717, 1.165) is 45.4 Å². The zero-order valence-corrected chi connectivity index (χ0v) is 10.2. The molecule has 0 bridgehead atoms. The van der Waals surface area contributed by atoms with Gasteiger partial charge in [-0.15, -0.1) is 0 Å². The third kappa shape index (κ3) is 3.33. The number of aliphatic hydroxyl groups excluding tert-OH is 1. The molecule has 2 amide bonds. The van der Waals surface area contributed by atoms with Gasteiger partial charge in [0.15, 0.2) is 0 Å². The molecule has 2 rings (SSSR count). The third-order valence-electron chi connectivity index (χ3n) is 3.70. The minimum Gasteiger partial charge on any atom is -0.394 e. The van der Waals surface area contributed by atoms with Crippen LogP contribution in [-0.4, -0.2) is 55.0 Å². The number of rotatable bonds is 4. The fraction of sp³-hybridized carbons (Fsp3) is 0.917. The van der Waals surface area contributed by atoms with Crippen LogP contribution in [0.3, 0.4) is 0 Å². The quantitative estimate of drug-likeness (QED) is 0.758. The van der Waals surface area contributed by atoms with Gasteiger partial charge in [-0.1, -0.05) is 0 Å². The number of aliphatic hydroxyl groups is 1. The summed E-state index contributed by atoms with van der Waals surface area (Å²) in [4.78, 5) is 13.6. The summed E-state index contributed by atoms with van der Waals surface area (Å²) >= 11 is 0. The molecule has 0 aliphatic carbocycles. The molecule has 2 aliphatic rings. The summed E-state index contributed by atoms with van der Waals surface area (Å²) in [6, 6.07) is -0.00900. The van der Waals surface area contributed by atoms with Crippen molar-refractivity contribution >= 4 is 6.03 Å². The molecule has 17 heavy (non-hydrogen) atoms. The molecule has 0 aromatic heterocycles. The maximum Gasteiger partial charge on any atom is 0.317 e. The monoisotopic (exact) mass is 242 g/mol. The van der Waals surface area contributed by atoms with E-state index in [1.807, 2.05) is 0 Å².